The Kier molecular flexibility index (Phi) is 3.29. The van der Waals surface area contributed by atoms with Gasteiger partial charge in [0, 0.05) is 6.42 Å². The van der Waals surface area contributed by atoms with Crippen molar-refractivity contribution in [2.75, 3.05) is 0 Å². The Morgan fingerprint density at radius 2 is 1.84 bits per heavy atom. The molecule has 0 fully saturated rings. The summed E-state index contributed by atoms with van der Waals surface area (Å²) >= 11 is 1.73. The van der Waals surface area contributed by atoms with Crippen molar-refractivity contribution in [3.05, 3.63) is 65.2 Å². The molecule has 2 aromatic carbocycles. The second-order valence-corrected chi connectivity index (χ2v) is 5.39. The van der Waals surface area contributed by atoms with Crippen LogP contribution in [0.4, 0.5) is 0 Å². The van der Waals surface area contributed by atoms with Crippen LogP contribution in [-0.4, -0.2) is 10.1 Å². The van der Waals surface area contributed by atoms with Gasteiger partial charge in [-0.3, -0.25) is 0 Å². The molecule has 2 nitrogen and oxygen atoms in total. The number of aromatic nitrogens is 1. The fourth-order valence-electron chi connectivity index (χ4n) is 1.89. The van der Waals surface area contributed by atoms with E-state index >= 15 is 0 Å². The molecule has 0 aliphatic rings. The minimum atomic E-state index is 0.295. The van der Waals surface area contributed by atoms with Crippen molar-refractivity contribution in [3.8, 4) is 5.75 Å². The molecule has 3 heteroatoms. The van der Waals surface area contributed by atoms with Gasteiger partial charge in [0.15, 0.2) is 0 Å². The molecule has 3 rings (SSSR count). The second-order valence-electron chi connectivity index (χ2n) is 4.27. The first kappa shape index (κ1) is 11.9. The summed E-state index contributed by atoms with van der Waals surface area (Å²) in [7, 11) is 0. The lowest BCUT2D eigenvalue weighted by Crippen LogP contribution is -1.77. The molecule has 0 bridgehead atoms. The average Bonchev–Trinajstić information content (AvgIpc) is 2.83. The Hall–Kier alpha value is -2.13. The van der Waals surface area contributed by atoms with Crippen molar-refractivity contribution < 1.29 is 5.11 Å². The molecule has 0 saturated carbocycles. The molecule has 94 valence electrons. The Balaban J connectivity index is 1.73. The van der Waals surface area contributed by atoms with Gasteiger partial charge in [0.1, 0.15) is 5.75 Å². The summed E-state index contributed by atoms with van der Waals surface area (Å²) in [5.41, 5.74) is 2.15. The Morgan fingerprint density at radius 3 is 2.63 bits per heavy atom. The molecule has 0 spiro atoms. The van der Waals surface area contributed by atoms with E-state index in [1.54, 1.807) is 23.5 Å². The normalized spacial score (nSPS) is 11.4. The van der Waals surface area contributed by atoms with Gasteiger partial charge in [-0.15, -0.1) is 11.3 Å². The summed E-state index contributed by atoms with van der Waals surface area (Å²) in [4.78, 5) is 4.59. The van der Waals surface area contributed by atoms with Gasteiger partial charge in [0.05, 0.1) is 15.2 Å². The highest BCUT2D eigenvalue weighted by Gasteiger charge is 2.00. The lowest BCUT2D eigenvalue weighted by molar-refractivity contribution is 0.475. The van der Waals surface area contributed by atoms with Crippen LogP contribution in [0, 0.1) is 0 Å². The SMILES string of the molecule is Oc1ccc(C=CCc2nc3ccccc3s2)cc1. The van der Waals surface area contributed by atoms with Gasteiger partial charge >= 0.3 is 0 Å². The summed E-state index contributed by atoms with van der Waals surface area (Å²) in [5, 5.41) is 10.3. The number of para-hydroxylation sites is 1. The predicted molar refractivity (Wildman–Crippen MR) is 80.5 cm³/mol. The maximum Gasteiger partial charge on any atom is 0.115 e. The van der Waals surface area contributed by atoms with Gasteiger partial charge in [0.2, 0.25) is 0 Å². The molecule has 0 aliphatic heterocycles. The standard InChI is InChI=1S/C16H13NOS/c18-13-10-8-12(9-11-13)4-3-7-16-17-14-5-1-2-6-15(14)19-16/h1-6,8-11,18H,7H2. The topological polar surface area (TPSA) is 33.1 Å². The average molecular weight is 267 g/mol. The van der Waals surface area contributed by atoms with Crippen LogP contribution in [0.2, 0.25) is 0 Å². The first-order chi connectivity index (χ1) is 9.31. The first-order valence-corrected chi connectivity index (χ1v) is 6.93. The first-order valence-electron chi connectivity index (χ1n) is 6.11. The van der Waals surface area contributed by atoms with Crippen LogP contribution in [0.3, 0.4) is 0 Å². The fourth-order valence-corrected chi connectivity index (χ4v) is 2.83. The number of hydrogen-bond donors (Lipinski definition) is 1. The molecule has 0 saturated heterocycles. The van der Waals surface area contributed by atoms with E-state index in [1.165, 1.54) is 4.70 Å². The third-order valence-corrected chi connectivity index (χ3v) is 3.89. The van der Waals surface area contributed by atoms with E-state index in [1.807, 2.05) is 36.4 Å². The van der Waals surface area contributed by atoms with Crippen LogP contribution in [0.25, 0.3) is 16.3 Å². The zero-order valence-corrected chi connectivity index (χ0v) is 11.1. The summed E-state index contributed by atoms with van der Waals surface area (Å²) in [6.45, 7) is 0. The van der Waals surface area contributed by atoms with Crippen LogP contribution in [0.5, 0.6) is 5.75 Å². The van der Waals surface area contributed by atoms with E-state index in [2.05, 4.69) is 17.1 Å². The molecular weight excluding hydrogens is 254 g/mol. The van der Waals surface area contributed by atoms with E-state index in [-0.39, 0.29) is 0 Å². The molecule has 0 radical (unpaired) electrons. The Labute approximate surface area is 115 Å². The highest BCUT2D eigenvalue weighted by Crippen LogP contribution is 2.22. The van der Waals surface area contributed by atoms with Gasteiger partial charge in [-0.25, -0.2) is 4.98 Å². The van der Waals surface area contributed by atoms with Crippen LogP contribution in [0.15, 0.2) is 54.6 Å². The van der Waals surface area contributed by atoms with Gasteiger partial charge in [-0.05, 0) is 29.8 Å². The third kappa shape index (κ3) is 2.83. The number of benzene rings is 2. The van der Waals surface area contributed by atoms with Crippen LogP contribution >= 0.6 is 11.3 Å². The van der Waals surface area contributed by atoms with Gasteiger partial charge in [-0.1, -0.05) is 36.4 Å². The molecule has 1 heterocycles. The molecule has 0 unspecified atom stereocenters. The summed E-state index contributed by atoms with van der Waals surface area (Å²) in [6.07, 6.45) is 4.98. The maximum atomic E-state index is 9.21. The molecule has 19 heavy (non-hydrogen) atoms. The number of fused-ring (bicyclic) bond motifs is 1. The smallest absolute Gasteiger partial charge is 0.115 e. The van der Waals surface area contributed by atoms with Crippen molar-refractivity contribution in [1.82, 2.24) is 4.98 Å². The van der Waals surface area contributed by atoms with E-state index in [0.717, 1.165) is 22.5 Å². The number of thiazole rings is 1. The number of allylic oxidation sites excluding steroid dienone is 1. The Morgan fingerprint density at radius 1 is 1.05 bits per heavy atom. The van der Waals surface area contributed by atoms with Gasteiger partial charge < -0.3 is 5.11 Å². The molecule has 3 aromatic rings. The van der Waals surface area contributed by atoms with E-state index in [4.69, 9.17) is 0 Å². The predicted octanol–water partition coefficient (Wildman–Crippen LogP) is 4.26. The maximum absolute atomic E-state index is 9.21. The monoisotopic (exact) mass is 267 g/mol. The minimum Gasteiger partial charge on any atom is -0.508 e. The molecule has 0 amide bonds. The lowest BCUT2D eigenvalue weighted by Gasteiger charge is -1.93. The summed E-state index contributed by atoms with van der Waals surface area (Å²) in [5.74, 6) is 0.295. The molecule has 0 aliphatic carbocycles. The lowest BCUT2D eigenvalue weighted by atomic mass is 10.2. The third-order valence-electron chi connectivity index (χ3n) is 2.83. The molecule has 1 aromatic heterocycles. The van der Waals surface area contributed by atoms with E-state index < -0.39 is 0 Å². The molecule has 1 N–H and O–H groups in total. The second kappa shape index (κ2) is 5.24. The van der Waals surface area contributed by atoms with Crippen LogP contribution in [0.1, 0.15) is 10.6 Å². The summed E-state index contributed by atoms with van der Waals surface area (Å²) in [6, 6.07) is 15.4. The number of hydrogen-bond acceptors (Lipinski definition) is 3. The van der Waals surface area contributed by atoms with Gasteiger partial charge in [-0.2, -0.15) is 0 Å². The van der Waals surface area contributed by atoms with E-state index in [9.17, 15) is 5.11 Å². The highest BCUT2D eigenvalue weighted by molar-refractivity contribution is 7.18. The van der Waals surface area contributed by atoms with Gasteiger partial charge in [0.25, 0.3) is 0 Å². The number of phenolic OH excluding ortho intramolecular Hbond substituents is 1. The van der Waals surface area contributed by atoms with Crippen molar-refractivity contribution in [2.24, 2.45) is 0 Å². The van der Waals surface area contributed by atoms with E-state index in [0.29, 0.717) is 5.75 Å². The molecule has 0 atom stereocenters. The number of rotatable bonds is 3. The fraction of sp³-hybridized carbons (Fsp3) is 0.0625. The largest absolute Gasteiger partial charge is 0.508 e. The van der Waals surface area contributed by atoms with Crippen molar-refractivity contribution >= 4 is 27.6 Å². The zero-order chi connectivity index (χ0) is 13.1. The number of aromatic hydroxyl groups is 1. The van der Waals surface area contributed by atoms with Crippen molar-refractivity contribution in [2.45, 2.75) is 6.42 Å². The van der Waals surface area contributed by atoms with Crippen molar-refractivity contribution in [1.29, 1.82) is 0 Å². The van der Waals surface area contributed by atoms with Crippen LogP contribution in [-0.2, 0) is 6.42 Å². The van der Waals surface area contributed by atoms with Crippen LogP contribution < -0.4 is 0 Å². The minimum absolute atomic E-state index is 0.295. The quantitative estimate of drug-likeness (QED) is 0.769. The number of phenols is 1. The number of nitrogens with zero attached hydrogens (tertiary/aromatic N) is 1. The zero-order valence-electron chi connectivity index (χ0n) is 10.3. The molecular formula is C16H13NOS. The summed E-state index contributed by atoms with van der Waals surface area (Å²) < 4.78 is 1.23. The van der Waals surface area contributed by atoms with Crippen molar-refractivity contribution in [3.63, 3.8) is 0 Å². The Bertz CT molecular complexity index is 680. The highest BCUT2D eigenvalue weighted by atomic mass is 32.1.